The molecule has 4 amide bonds. The molecule has 1 fully saturated rings. The van der Waals surface area contributed by atoms with Crippen molar-refractivity contribution < 1.29 is 23.9 Å². The van der Waals surface area contributed by atoms with E-state index in [2.05, 4.69) is 22.2 Å². The van der Waals surface area contributed by atoms with E-state index in [1.54, 1.807) is 16.8 Å². The van der Waals surface area contributed by atoms with Gasteiger partial charge in [-0.2, -0.15) is 0 Å². The Morgan fingerprint density at radius 2 is 1.36 bits per heavy atom. The number of nitrogens with zero attached hydrogens (tertiary/aromatic N) is 5. The molecule has 1 heterocycles. The molecular formula is C45H64N6O5. The van der Waals surface area contributed by atoms with E-state index in [0.717, 1.165) is 94.5 Å². The van der Waals surface area contributed by atoms with E-state index in [1.807, 2.05) is 105 Å². The summed E-state index contributed by atoms with van der Waals surface area (Å²) in [4.78, 5) is 60.1. The van der Waals surface area contributed by atoms with Crippen molar-refractivity contribution in [2.45, 2.75) is 70.8 Å². The average molecular weight is 769 g/mol. The van der Waals surface area contributed by atoms with Gasteiger partial charge in [-0.1, -0.05) is 74.0 Å². The van der Waals surface area contributed by atoms with Gasteiger partial charge in [-0.15, -0.1) is 0 Å². The molecule has 0 unspecified atom stereocenters. The molecule has 304 valence electrons. The third-order valence-electron chi connectivity index (χ3n) is 10.7. The Morgan fingerprint density at radius 3 is 2.07 bits per heavy atom. The summed E-state index contributed by atoms with van der Waals surface area (Å²) in [7, 11) is 7.64. The average Bonchev–Trinajstić information content (AvgIpc) is 3.22. The van der Waals surface area contributed by atoms with E-state index in [9.17, 15) is 19.2 Å². The number of hydrogen-bond acceptors (Lipinski definition) is 7. The lowest BCUT2D eigenvalue weighted by molar-refractivity contribution is -0.130. The molecular weight excluding hydrogens is 705 g/mol. The lowest BCUT2D eigenvalue weighted by atomic mass is 10.0. The first-order valence-electron chi connectivity index (χ1n) is 20.4. The number of amides is 4. The van der Waals surface area contributed by atoms with Crippen LogP contribution in [0.5, 0.6) is 0 Å². The molecule has 3 aromatic carbocycles. The van der Waals surface area contributed by atoms with E-state index in [0.29, 0.717) is 38.0 Å². The van der Waals surface area contributed by atoms with Gasteiger partial charge in [0.1, 0.15) is 6.10 Å². The number of unbranched alkanes of at least 4 members (excludes halogenated alkanes) is 2. The number of anilines is 1. The number of likely N-dealkylation sites (tertiary alicyclic amines) is 1. The highest BCUT2D eigenvalue weighted by atomic mass is 16.6. The number of rotatable bonds is 21. The van der Waals surface area contributed by atoms with Crippen LogP contribution in [0.2, 0.25) is 0 Å². The van der Waals surface area contributed by atoms with Gasteiger partial charge >= 0.3 is 6.09 Å². The van der Waals surface area contributed by atoms with Gasteiger partial charge in [-0.3, -0.25) is 19.7 Å². The van der Waals surface area contributed by atoms with Crippen molar-refractivity contribution in [1.29, 1.82) is 0 Å². The fraction of sp³-hybridized carbons (Fsp3) is 0.511. The van der Waals surface area contributed by atoms with Gasteiger partial charge in [-0.05, 0) is 81.4 Å². The van der Waals surface area contributed by atoms with Gasteiger partial charge in [0.2, 0.25) is 11.8 Å². The predicted molar refractivity (Wildman–Crippen MR) is 225 cm³/mol. The van der Waals surface area contributed by atoms with Crippen LogP contribution in [0.4, 0.5) is 10.5 Å². The standard InChI is InChI=1S/C45H64N6O5/c1-6-42(52)48(3)29-15-30-50(5)44(54)38-23-21-36(22-24-38)25-31-47(2)28-14-8-11-20-43(53)49(4)34-35-51-32-26-39(27-33-51)56-45(55)46-41-19-13-12-18-40(41)37-16-9-7-10-17-37/h7,9-10,12-13,16-19,21-24,39H,6,8,11,14-15,20,25-35H2,1-5H3,(H,46,55). The van der Waals surface area contributed by atoms with Crippen LogP contribution in [0.25, 0.3) is 11.1 Å². The van der Waals surface area contributed by atoms with Gasteiger partial charge in [0.25, 0.3) is 5.91 Å². The SMILES string of the molecule is CCC(=O)N(C)CCCN(C)C(=O)c1ccc(CCN(C)CCCCCC(=O)N(C)CCN2CCC(OC(=O)Nc3ccccc3-c3ccccc3)CC2)cc1. The molecule has 0 atom stereocenters. The first kappa shape index (κ1) is 44.0. The highest BCUT2D eigenvalue weighted by molar-refractivity contribution is 5.94. The summed E-state index contributed by atoms with van der Waals surface area (Å²) >= 11 is 0. The molecule has 0 saturated carbocycles. The molecule has 56 heavy (non-hydrogen) atoms. The minimum atomic E-state index is -0.427. The summed E-state index contributed by atoms with van der Waals surface area (Å²) in [6, 6.07) is 25.6. The monoisotopic (exact) mass is 768 g/mol. The van der Waals surface area contributed by atoms with Crippen LogP contribution < -0.4 is 5.32 Å². The molecule has 4 rings (SSSR count). The summed E-state index contributed by atoms with van der Waals surface area (Å²) in [6.07, 6.45) is 6.65. The number of carbonyl (C=O) groups is 4. The molecule has 1 saturated heterocycles. The van der Waals surface area contributed by atoms with Crippen molar-refractivity contribution in [3.05, 3.63) is 90.0 Å². The molecule has 1 aliphatic heterocycles. The Hall–Kier alpha value is -4.74. The predicted octanol–water partition coefficient (Wildman–Crippen LogP) is 6.89. The lowest BCUT2D eigenvalue weighted by Crippen LogP contribution is -2.42. The summed E-state index contributed by atoms with van der Waals surface area (Å²) in [5.41, 5.74) is 4.60. The van der Waals surface area contributed by atoms with Crippen LogP contribution in [0.3, 0.4) is 0 Å². The van der Waals surface area contributed by atoms with Crippen LogP contribution in [0, 0.1) is 0 Å². The van der Waals surface area contributed by atoms with Crippen LogP contribution in [0.1, 0.15) is 74.2 Å². The summed E-state index contributed by atoms with van der Waals surface area (Å²) < 4.78 is 5.79. The number of benzene rings is 3. The van der Waals surface area contributed by atoms with Crippen LogP contribution >= 0.6 is 0 Å². The normalized spacial score (nSPS) is 13.3. The van der Waals surface area contributed by atoms with Crippen molar-refractivity contribution >= 4 is 29.5 Å². The fourth-order valence-corrected chi connectivity index (χ4v) is 6.95. The van der Waals surface area contributed by atoms with Crippen LogP contribution in [0.15, 0.2) is 78.9 Å². The number of para-hydroxylation sites is 1. The highest BCUT2D eigenvalue weighted by Crippen LogP contribution is 2.28. The quantitative estimate of drug-likeness (QED) is 0.118. The molecule has 0 aliphatic carbocycles. The summed E-state index contributed by atoms with van der Waals surface area (Å²) in [5.74, 6) is 0.301. The molecule has 0 aromatic heterocycles. The minimum Gasteiger partial charge on any atom is -0.446 e. The van der Waals surface area contributed by atoms with Gasteiger partial charge in [0.15, 0.2) is 0 Å². The first-order chi connectivity index (χ1) is 27.0. The maximum Gasteiger partial charge on any atom is 0.411 e. The highest BCUT2D eigenvalue weighted by Gasteiger charge is 2.23. The second-order valence-corrected chi connectivity index (χ2v) is 15.1. The number of nitrogens with one attached hydrogen (secondary N) is 1. The van der Waals surface area contributed by atoms with Crippen LogP contribution in [-0.4, -0.2) is 135 Å². The van der Waals surface area contributed by atoms with E-state index >= 15 is 0 Å². The second-order valence-electron chi connectivity index (χ2n) is 15.1. The lowest BCUT2D eigenvalue weighted by Gasteiger charge is -2.32. The Morgan fingerprint density at radius 1 is 0.696 bits per heavy atom. The van der Waals surface area contributed by atoms with Crippen molar-refractivity contribution in [1.82, 2.24) is 24.5 Å². The smallest absolute Gasteiger partial charge is 0.411 e. The van der Waals surface area contributed by atoms with E-state index in [4.69, 9.17) is 4.74 Å². The number of ether oxygens (including phenoxy) is 1. The zero-order chi connectivity index (χ0) is 40.3. The first-order valence-corrected chi connectivity index (χ1v) is 20.4. The zero-order valence-corrected chi connectivity index (χ0v) is 34.4. The molecule has 11 nitrogen and oxygen atoms in total. The molecule has 0 radical (unpaired) electrons. The summed E-state index contributed by atoms with van der Waals surface area (Å²) in [5, 5.41) is 2.94. The topological polar surface area (TPSA) is 106 Å². The Balaban J connectivity index is 1.02. The minimum absolute atomic E-state index is 0.00425. The second kappa shape index (κ2) is 23.4. The Bertz CT molecular complexity index is 1660. The zero-order valence-electron chi connectivity index (χ0n) is 34.4. The van der Waals surface area contributed by atoms with E-state index in [1.165, 1.54) is 5.56 Å². The molecule has 1 aliphatic rings. The van der Waals surface area contributed by atoms with Crippen molar-refractivity contribution in [2.75, 3.05) is 85.9 Å². The summed E-state index contributed by atoms with van der Waals surface area (Å²) in [6.45, 7) is 8.18. The number of piperidine rings is 1. The molecule has 0 bridgehead atoms. The third kappa shape index (κ3) is 14.7. The molecule has 0 spiro atoms. The van der Waals surface area contributed by atoms with Gasteiger partial charge in [-0.25, -0.2) is 4.79 Å². The van der Waals surface area contributed by atoms with Gasteiger partial charge in [0.05, 0.1) is 5.69 Å². The molecule has 1 N–H and O–H groups in total. The third-order valence-corrected chi connectivity index (χ3v) is 10.7. The fourth-order valence-electron chi connectivity index (χ4n) is 6.95. The number of carbonyl (C=O) groups excluding carboxylic acids is 4. The van der Waals surface area contributed by atoms with Crippen molar-refractivity contribution in [3.8, 4) is 11.1 Å². The Kier molecular flexibility index (Phi) is 18.3. The van der Waals surface area contributed by atoms with E-state index in [-0.39, 0.29) is 23.8 Å². The number of hydrogen-bond donors (Lipinski definition) is 1. The van der Waals surface area contributed by atoms with Gasteiger partial charge < -0.3 is 29.2 Å². The van der Waals surface area contributed by atoms with Crippen LogP contribution in [-0.2, 0) is 20.7 Å². The largest absolute Gasteiger partial charge is 0.446 e. The number of likely N-dealkylation sites (N-methyl/N-ethyl adjacent to an activating group) is 2. The van der Waals surface area contributed by atoms with Crippen molar-refractivity contribution in [2.24, 2.45) is 0 Å². The van der Waals surface area contributed by atoms with Gasteiger partial charge in [0, 0.05) is 90.9 Å². The molecule has 3 aromatic rings. The maximum absolute atomic E-state index is 12.8. The molecule has 11 heteroatoms. The van der Waals surface area contributed by atoms with E-state index < -0.39 is 6.09 Å². The van der Waals surface area contributed by atoms with Crippen molar-refractivity contribution in [3.63, 3.8) is 0 Å². The Labute approximate surface area is 335 Å². The maximum atomic E-state index is 12.8.